The Bertz CT molecular complexity index is 1480. The number of aromatic nitrogens is 1. The van der Waals surface area contributed by atoms with Gasteiger partial charge in [0, 0.05) is 37.8 Å². The van der Waals surface area contributed by atoms with E-state index in [2.05, 4.69) is 16.4 Å². The first-order chi connectivity index (χ1) is 17.9. The van der Waals surface area contributed by atoms with Gasteiger partial charge in [-0.25, -0.2) is 12.7 Å². The van der Waals surface area contributed by atoms with Crippen molar-refractivity contribution in [1.82, 2.24) is 14.6 Å². The number of hydrogen-bond acceptors (Lipinski definition) is 4. The van der Waals surface area contributed by atoms with Crippen LogP contribution in [-0.4, -0.2) is 49.0 Å². The van der Waals surface area contributed by atoms with E-state index in [-0.39, 0.29) is 11.7 Å². The van der Waals surface area contributed by atoms with Gasteiger partial charge in [-0.1, -0.05) is 60.7 Å². The molecule has 1 saturated heterocycles. The van der Waals surface area contributed by atoms with Gasteiger partial charge in [0.2, 0.25) is 10.0 Å². The number of amides is 1. The van der Waals surface area contributed by atoms with Gasteiger partial charge in [-0.3, -0.25) is 4.79 Å². The fourth-order valence-electron chi connectivity index (χ4n) is 5.19. The summed E-state index contributed by atoms with van der Waals surface area (Å²) < 4.78 is 27.5. The quantitative estimate of drug-likeness (QED) is 0.289. The summed E-state index contributed by atoms with van der Waals surface area (Å²) in [4.78, 5) is 15.5. The number of nitrogens with zero attached hydrogens (tertiary/aromatic N) is 1. The summed E-state index contributed by atoms with van der Waals surface area (Å²) >= 11 is 0. The van der Waals surface area contributed by atoms with Gasteiger partial charge in [-0.05, 0) is 53.1 Å². The van der Waals surface area contributed by atoms with Crippen molar-refractivity contribution in [2.45, 2.75) is 25.3 Å². The molecule has 0 unspecified atom stereocenters. The van der Waals surface area contributed by atoms with Gasteiger partial charge in [0.05, 0.1) is 16.8 Å². The Hall–Kier alpha value is -3.46. The lowest BCUT2D eigenvalue weighted by atomic mass is 9.88. The second kappa shape index (κ2) is 10.9. The molecule has 192 valence electrons. The number of sulfonamides is 1. The lowest BCUT2D eigenvalue weighted by molar-refractivity contribution is 0.100. The molecule has 4 N–H and O–H groups in total. The SMILES string of the molecule is NC(=O)c1cc(-c2ccccc2)cc2c(C3CCN(S(=O)(=O)CCNCc4ccccc4)CC3)c[nH]c12. The first-order valence-electron chi connectivity index (χ1n) is 12.6. The zero-order chi connectivity index (χ0) is 25.8. The third-order valence-electron chi connectivity index (χ3n) is 7.19. The van der Waals surface area contributed by atoms with Crippen LogP contribution in [0.5, 0.6) is 0 Å². The van der Waals surface area contributed by atoms with Gasteiger partial charge in [0.25, 0.3) is 5.91 Å². The molecule has 1 amide bonds. The molecule has 8 heteroatoms. The summed E-state index contributed by atoms with van der Waals surface area (Å²) in [6, 6.07) is 23.8. The van der Waals surface area contributed by atoms with Crippen LogP contribution in [0.4, 0.5) is 0 Å². The molecule has 0 radical (unpaired) electrons. The minimum atomic E-state index is -3.33. The Morgan fingerprint density at radius 1 is 0.973 bits per heavy atom. The fraction of sp³-hybridized carbons (Fsp3) is 0.276. The Morgan fingerprint density at radius 3 is 2.32 bits per heavy atom. The van der Waals surface area contributed by atoms with Crippen molar-refractivity contribution < 1.29 is 13.2 Å². The van der Waals surface area contributed by atoms with Gasteiger partial charge in [0.15, 0.2) is 0 Å². The van der Waals surface area contributed by atoms with E-state index >= 15 is 0 Å². The van der Waals surface area contributed by atoms with Crippen LogP contribution in [0.2, 0.25) is 0 Å². The largest absolute Gasteiger partial charge is 0.366 e. The Balaban J connectivity index is 1.27. The molecule has 2 heterocycles. The maximum absolute atomic E-state index is 13.0. The lowest BCUT2D eigenvalue weighted by Gasteiger charge is -2.31. The van der Waals surface area contributed by atoms with Gasteiger partial charge in [0.1, 0.15) is 0 Å². The summed E-state index contributed by atoms with van der Waals surface area (Å²) in [6.07, 6.45) is 3.41. The number of benzene rings is 3. The molecular weight excluding hydrogens is 484 g/mol. The number of piperidine rings is 1. The molecule has 0 aliphatic carbocycles. The summed E-state index contributed by atoms with van der Waals surface area (Å²) in [5.74, 6) is -0.193. The van der Waals surface area contributed by atoms with Gasteiger partial charge >= 0.3 is 0 Å². The summed E-state index contributed by atoms with van der Waals surface area (Å²) in [5, 5.41) is 4.21. The van der Waals surface area contributed by atoms with E-state index in [9.17, 15) is 13.2 Å². The second-order valence-electron chi connectivity index (χ2n) is 9.57. The van der Waals surface area contributed by atoms with E-state index in [0.29, 0.717) is 31.7 Å². The normalized spacial score (nSPS) is 15.2. The Kier molecular flexibility index (Phi) is 7.41. The molecule has 0 bridgehead atoms. The number of aromatic amines is 1. The number of carbonyl (C=O) groups excluding carboxylic acids is 1. The van der Waals surface area contributed by atoms with Crippen LogP contribution in [0.1, 0.15) is 40.2 Å². The van der Waals surface area contributed by atoms with Crippen LogP contribution in [0.3, 0.4) is 0 Å². The molecule has 0 saturated carbocycles. The van der Waals surface area contributed by atoms with Crippen LogP contribution in [0, 0.1) is 0 Å². The number of rotatable bonds is 9. The van der Waals surface area contributed by atoms with Crippen molar-refractivity contribution >= 4 is 26.8 Å². The number of fused-ring (bicyclic) bond motifs is 1. The van der Waals surface area contributed by atoms with Crippen LogP contribution in [-0.2, 0) is 16.6 Å². The van der Waals surface area contributed by atoms with Crippen LogP contribution >= 0.6 is 0 Å². The minimum Gasteiger partial charge on any atom is -0.366 e. The molecule has 37 heavy (non-hydrogen) atoms. The van der Waals surface area contributed by atoms with Crippen molar-refractivity contribution in [3.63, 3.8) is 0 Å². The predicted molar refractivity (Wildman–Crippen MR) is 148 cm³/mol. The maximum Gasteiger partial charge on any atom is 0.250 e. The standard InChI is InChI=1S/C29H32N4O3S/c30-29(34)26-18-24(22-9-5-2-6-10-22)17-25-27(20-32-28(25)26)23-11-14-33(15-12-23)37(35,36)16-13-31-19-21-7-3-1-4-8-21/h1-10,17-18,20,23,31-32H,11-16,19H2,(H2,30,34). The topological polar surface area (TPSA) is 108 Å². The predicted octanol–water partition coefficient (Wildman–Crippen LogP) is 4.23. The molecular formula is C29H32N4O3S. The van der Waals surface area contributed by atoms with E-state index in [1.54, 1.807) is 4.31 Å². The third kappa shape index (κ3) is 5.61. The summed E-state index contributed by atoms with van der Waals surface area (Å²) in [7, 11) is -3.33. The molecule has 1 aliphatic heterocycles. The number of hydrogen-bond donors (Lipinski definition) is 3. The van der Waals surface area contributed by atoms with E-state index in [1.165, 1.54) is 0 Å². The van der Waals surface area contributed by atoms with Crippen LogP contribution < -0.4 is 11.1 Å². The zero-order valence-electron chi connectivity index (χ0n) is 20.7. The molecule has 5 rings (SSSR count). The van der Waals surface area contributed by atoms with E-state index in [1.807, 2.05) is 72.9 Å². The smallest absolute Gasteiger partial charge is 0.250 e. The first-order valence-corrected chi connectivity index (χ1v) is 14.3. The zero-order valence-corrected chi connectivity index (χ0v) is 21.5. The van der Waals surface area contributed by atoms with Crippen molar-refractivity contribution in [3.05, 3.63) is 95.7 Å². The number of carbonyl (C=O) groups is 1. The van der Waals surface area contributed by atoms with Crippen molar-refractivity contribution in [3.8, 4) is 11.1 Å². The number of primary amides is 1. The van der Waals surface area contributed by atoms with Crippen molar-refractivity contribution in [2.24, 2.45) is 5.73 Å². The Morgan fingerprint density at radius 2 is 1.65 bits per heavy atom. The average Bonchev–Trinajstić information content (AvgIpc) is 3.36. The highest BCUT2D eigenvalue weighted by Gasteiger charge is 2.30. The minimum absolute atomic E-state index is 0.0833. The number of nitrogens with two attached hydrogens (primary N) is 1. The van der Waals surface area contributed by atoms with Crippen LogP contribution in [0.25, 0.3) is 22.0 Å². The monoisotopic (exact) mass is 516 g/mol. The highest BCUT2D eigenvalue weighted by molar-refractivity contribution is 7.89. The molecule has 1 aromatic heterocycles. The molecule has 1 aliphatic rings. The molecule has 3 aromatic carbocycles. The lowest BCUT2D eigenvalue weighted by Crippen LogP contribution is -2.41. The second-order valence-corrected chi connectivity index (χ2v) is 11.7. The average molecular weight is 517 g/mol. The first kappa shape index (κ1) is 25.2. The van der Waals surface area contributed by atoms with Gasteiger partial charge in [-0.2, -0.15) is 0 Å². The van der Waals surface area contributed by atoms with Gasteiger partial charge < -0.3 is 16.0 Å². The van der Waals surface area contributed by atoms with Gasteiger partial charge in [-0.15, -0.1) is 0 Å². The molecule has 4 aromatic rings. The summed E-state index contributed by atoms with van der Waals surface area (Å²) in [6.45, 7) is 2.04. The van der Waals surface area contributed by atoms with Crippen LogP contribution in [0.15, 0.2) is 79.0 Å². The third-order valence-corrected chi connectivity index (χ3v) is 9.06. The van der Waals surface area contributed by atoms with Crippen molar-refractivity contribution in [1.29, 1.82) is 0 Å². The van der Waals surface area contributed by atoms with E-state index < -0.39 is 15.9 Å². The summed E-state index contributed by atoms with van der Waals surface area (Å²) in [5.41, 5.74) is 11.1. The molecule has 0 atom stereocenters. The molecule has 1 fully saturated rings. The highest BCUT2D eigenvalue weighted by atomic mass is 32.2. The number of H-pyrrole nitrogens is 1. The number of nitrogens with one attached hydrogen (secondary N) is 2. The van der Waals surface area contributed by atoms with Crippen molar-refractivity contribution in [2.75, 3.05) is 25.4 Å². The maximum atomic E-state index is 13.0. The fourth-order valence-corrected chi connectivity index (χ4v) is 6.61. The molecule has 7 nitrogen and oxygen atoms in total. The van der Waals surface area contributed by atoms with E-state index in [0.717, 1.165) is 46.0 Å². The Labute approximate surface area is 217 Å². The van der Waals surface area contributed by atoms with E-state index in [4.69, 9.17) is 5.73 Å². The molecule has 0 spiro atoms. The highest BCUT2D eigenvalue weighted by Crippen LogP contribution is 2.37.